The predicted molar refractivity (Wildman–Crippen MR) is 130 cm³/mol. The summed E-state index contributed by atoms with van der Waals surface area (Å²) in [5.41, 5.74) is 11.2. The van der Waals surface area contributed by atoms with E-state index in [0.29, 0.717) is 17.6 Å². The van der Waals surface area contributed by atoms with Gasteiger partial charge in [-0.2, -0.15) is 0 Å². The second kappa shape index (κ2) is 9.54. The summed E-state index contributed by atoms with van der Waals surface area (Å²) in [6.07, 6.45) is 5.18. The van der Waals surface area contributed by atoms with E-state index < -0.39 is 18.5 Å². The lowest BCUT2D eigenvalue weighted by molar-refractivity contribution is -0.158. The number of fused-ring (bicyclic) bond motifs is 1. The number of pyridine rings is 2. The Morgan fingerprint density at radius 1 is 1.06 bits per heavy atom. The van der Waals surface area contributed by atoms with Crippen molar-refractivity contribution in [1.82, 2.24) is 19.5 Å². The van der Waals surface area contributed by atoms with Crippen molar-refractivity contribution in [1.29, 1.82) is 0 Å². The number of esters is 2. The molecule has 0 bridgehead atoms. The Morgan fingerprint density at radius 3 is 2.54 bits per heavy atom. The maximum Gasteiger partial charge on any atom is 0.344 e. The van der Waals surface area contributed by atoms with Gasteiger partial charge in [-0.1, -0.05) is 18.6 Å². The van der Waals surface area contributed by atoms with Gasteiger partial charge >= 0.3 is 11.9 Å². The number of rotatable bonds is 7. The van der Waals surface area contributed by atoms with Gasteiger partial charge in [0.15, 0.2) is 18.1 Å². The number of carbonyl (C=O) groups excluding carboxylic acids is 2. The van der Waals surface area contributed by atoms with Gasteiger partial charge in [0.2, 0.25) is 0 Å². The van der Waals surface area contributed by atoms with Crippen LogP contribution in [0.1, 0.15) is 43.4 Å². The quantitative estimate of drug-likeness (QED) is 0.402. The second-order valence-electron chi connectivity index (χ2n) is 8.52. The number of hydrogen-bond acceptors (Lipinski definition) is 8. The van der Waals surface area contributed by atoms with Gasteiger partial charge < -0.3 is 15.2 Å². The molecule has 35 heavy (non-hydrogen) atoms. The van der Waals surface area contributed by atoms with Crippen LogP contribution in [0.15, 0.2) is 54.7 Å². The summed E-state index contributed by atoms with van der Waals surface area (Å²) in [5.74, 6) is 0.396. The Bertz CT molecular complexity index is 1390. The molecule has 5 rings (SSSR count). The van der Waals surface area contributed by atoms with Gasteiger partial charge in [0.25, 0.3) is 0 Å². The lowest BCUT2D eigenvalue weighted by atomic mass is 9.83. The molecule has 9 heteroatoms. The third-order valence-corrected chi connectivity index (χ3v) is 6.12. The van der Waals surface area contributed by atoms with E-state index in [1.165, 1.54) is 13.3 Å². The van der Waals surface area contributed by atoms with Crippen LogP contribution in [0.3, 0.4) is 0 Å². The zero-order valence-electron chi connectivity index (χ0n) is 19.3. The number of carbonyl (C=O) groups is 2. The van der Waals surface area contributed by atoms with E-state index in [9.17, 15) is 9.59 Å². The fourth-order valence-electron chi connectivity index (χ4n) is 4.04. The molecule has 0 atom stereocenters. The highest BCUT2D eigenvalue weighted by molar-refractivity contribution is 5.83. The third kappa shape index (κ3) is 4.70. The van der Waals surface area contributed by atoms with E-state index in [1.54, 1.807) is 6.20 Å². The third-order valence-electron chi connectivity index (χ3n) is 6.12. The number of nitrogens with two attached hydrogens (primary N) is 1. The largest absolute Gasteiger partial charge is 0.458 e. The number of benzene rings is 1. The van der Waals surface area contributed by atoms with Crippen LogP contribution in [0, 0.1) is 0 Å². The van der Waals surface area contributed by atoms with E-state index in [4.69, 9.17) is 20.4 Å². The van der Waals surface area contributed by atoms with Crippen molar-refractivity contribution in [2.45, 2.75) is 38.7 Å². The summed E-state index contributed by atoms with van der Waals surface area (Å²) in [6, 6.07) is 15.4. The average Bonchev–Trinajstić information content (AvgIpc) is 3.19. The molecule has 0 unspecified atom stereocenters. The van der Waals surface area contributed by atoms with Gasteiger partial charge in [-0.15, -0.1) is 0 Å². The molecule has 178 valence electrons. The summed E-state index contributed by atoms with van der Waals surface area (Å²) >= 11 is 0. The Hall–Kier alpha value is -4.27. The number of nitrogen functional groups attached to an aromatic ring is 1. The Balaban J connectivity index is 1.49. The van der Waals surface area contributed by atoms with Crippen molar-refractivity contribution < 1.29 is 19.1 Å². The highest BCUT2D eigenvalue weighted by atomic mass is 16.6. The van der Waals surface area contributed by atoms with E-state index >= 15 is 0 Å². The normalized spacial score (nSPS) is 13.4. The molecule has 0 spiro atoms. The first-order chi connectivity index (χ1) is 17.0. The molecule has 1 fully saturated rings. The molecular weight excluding hydrogens is 446 g/mol. The molecule has 4 aromatic rings. The van der Waals surface area contributed by atoms with Crippen LogP contribution >= 0.6 is 0 Å². The molecule has 1 aliphatic carbocycles. The first-order valence-corrected chi connectivity index (χ1v) is 11.5. The molecule has 9 nitrogen and oxygen atoms in total. The lowest BCUT2D eigenvalue weighted by Gasteiger charge is -2.24. The number of aromatic nitrogens is 4. The van der Waals surface area contributed by atoms with Crippen molar-refractivity contribution in [3.05, 3.63) is 66.0 Å². The summed E-state index contributed by atoms with van der Waals surface area (Å²) in [7, 11) is 0. The topological polar surface area (TPSA) is 122 Å². The van der Waals surface area contributed by atoms with Crippen molar-refractivity contribution in [2.24, 2.45) is 0 Å². The zero-order valence-corrected chi connectivity index (χ0v) is 19.3. The van der Waals surface area contributed by atoms with Gasteiger partial charge in [0, 0.05) is 30.4 Å². The van der Waals surface area contributed by atoms with Crippen molar-refractivity contribution in [2.75, 3.05) is 12.3 Å². The Labute approximate surface area is 201 Å². The number of nitrogens with zero attached hydrogens (tertiary/aromatic N) is 4. The summed E-state index contributed by atoms with van der Waals surface area (Å²) < 4.78 is 11.8. The zero-order chi connectivity index (χ0) is 24.4. The van der Waals surface area contributed by atoms with E-state index in [0.717, 1.165) is 46.5 Å². The van der Waals surface area contributed by atoms with Crippen LogP contribution in [0.2, 0.25) is 0 Å². The van der Waals surface area contributed by atoms with Gasteiger partial charge in [0.05, 0.1) is 5.56 Å². The fourth-order valence-corrected chi connectivity index (χ4v) is 4.04. The molecule has 3 aromatic heterocycles. The molecular formula is C26H25N5O4. The summed E-state index contributed by atoms with van der Waals surface area (Å²) in [4.78, 5) is 36.7. The first-order valence-electron chi connectivity index (χ1n) is 11.5. The molecule has 0 aliphatic heterocycles. The number of ether oxygens (including phenoxy) is 2. The van der Waals surface area contributed by atoms with Gasteiger partial charge in [-0.25, -0.2) is 19.7 Å². The van der Waals surface area contributed by atoms with E-state index in [2.05, 4.69) is 15.8 Å². The highest BCUT2D eigenvalue weighted by Gasteiger charge is 2.23. The van der Waals surface area contributed by atoms with Crippen molar-refractivity contribution >= 4 is 28.9 Å². The van der Waals surface area contributed by atoms with E-state index in [1.807, 2.05) is 47.0 Å². The van der Waals surface area contributed by atoms with Crippen molar-refractivity contribution in [3.63, 3.8) is 0 Å². The first kappa shape index (κ1) is 22.5. The molecule has 0 saturated heterocycles. The molecule has 1 aliphatic rings. The molecule has 0 amide bonds. The van der Waals surface area contributed by atoms with Crippen LogP contribution in [0.5, 0.6) is 0 Å². The Morgan fingerprint density at radius 2 is 1.86 bits per heavy atom. The lowest BCUT2D eigenvalue weighted by Crippen LogP contribution is -2.14. The molecule has 0 radical (unpaired) electrons. The molecule has 2 N–H and O–H groups in total. The minimum absolute atomic E-state index is 0.0670. The second-order valence-corrected chi connectivity index (χ2v) is 8.52. The predicted octanol–water partition coefficient (Wildman–Crippen LogP) is 3.94. The number of anilines is 1. The van der Waals surface area contributed by atoms with Crippen LogP contribution in [0.25, 0.3) is 28.2 Å². The highest BCUT2D eigenvalue weighted by Crippen LogP contribution is 2.37. The SMILES string of the molecule is CC(=O)OCC(=O)OCc1ccc(-n2c(-c3cccnc3N)nc3ccc(C4CCC4)nc32)cc1. The van der Waals surface area contributed by atoms with Gasteiger partial charge in [-0.05, 0) is 54.8 Å². The number of hydrogen-bond donors (Lipinski definition) is 1. The summed E-state index contributed by atoms with van der Waals surface area (Å²) in [5, 5.41) is 0. The average molecular weight is 472 g/mol. The maximum atomic E-state index is 11.7. The fraction of sp³-hybridized carbons (Fsp3) is 0.269. The van der Waals surface area contributed by atoms with Crippen LogP contribution in [-0.4, -0.2) is 38.1 Å². The summed E-state index contributed by atoms with van der Waals surface area (Å²) in [6.45, 7) is 0.903. The minimum Gasteiger partial charge on any atom is -0.458 e. The minimum atomic E-state index is -0.605. The Kier molecular flexibility index (Phi) is 6.13. The molecule has 3 heterocycles. The monoisotopic (exact) mass is 471 g/mol. The van der Waals surface area contributed by atoms with Crippen LogP contribution < -0.4 is 5.73 Å². The smallest absolute Gasteiger partial charge is 0.344 e. The van der Waals surface area contributed by atoms with Gasteiger partial charge in [-0.3, -0.25) is 9.36 Å². The standard InChI is InChI=1S/C26H25N5O4/c1-16(32)34-15-23(33)35-14-17-7-9-19(10-8-17)31-25(20-6-3-13-28-24(20)27)30-22-12-11-21(29-26(22)31)18-4-2-5-18/h3,6-13,18H,2,4-5,14-15H2,1H3,(H2,27,28). The van der Waals surface area contributed by atoms with E-state index in [-0.39, 0.29) is 6.61 Å². The van der Waals surface area contributed by atoms with Gasteiger partial charge in [0.1, 0.15) is 17.9 Å². The van der Waals surface area contributed by atoms with Crippen molar-refractivity contribution in [3.8, 4) is 17.1 Å². The van der Waals surface area contributed by atoms with Crippen LogP contribution in [0.4, 0.5) is 5.82 Å². The maximum absolute atomic E-state index is 11.7. The number of imidazole rings is 1. The van der Waals surface area contributed by atoms with Crippen LogP contribution in [-0.2, 0) is 25.7 Å². The molecule has 1 aromatic carbocycles. The molecule has 1 saturated carbocycles.